The van der Waals surface area contributed by atoms with Crippen LogP contribution >= 0.6 is 11.6 Å². The Morgan fingerprint density at radius 2 is 2.10 bits per heavy atom. The van der Waals surface area contributed by atoms with Crippen molar-refractivity contribution in [2.75, 3.05) is 37.6 Å². The van der Waals surface area contributed by atoms with Crippen LogP contribution < -0.4 is 10.2 Å². The van der Waals surface area contributed by atoms with Crippen LogP contribution in [0.4, 0.5) is 5.69 Å². The molecule has 1 amide bonds. The van der Waals surface area contributed by atoms with E-state index in [-0.39, 0.29) is 5.91 Å². The van der Waals surface area contributed by atoms with Gasteiger partial charge in [0, 0.05) is 39.6 Å². The number of anilines is 1. The zero-order valence-electron chi connectivity index (χ0n) is 12.9. The molecule has 1 aromatic carbocycles. The number of carbonyl (C=O) groups is 1. The molecular weight excluding hydrogens is 286 g/mol. The number of benzene rings is 1. The molecule has 0 atom stereocenters. The number of carbonyl (C=O) groups excluding carboxylic acids is 1. The van der Waals surface area contributed by atoms with Crippen LogP contribution in [0.1, 0.15) is 25.8 Å². The summed E-state index contributed by atoms with van der Waals surface area (Å²) in [7, 11) is 0. The lowest BCUT2D eigenvalue weighted by Crippen LogP contribution is -2.34. The van der Waals surface area contributed by atoms with E-state index < -0.39 is 0 Å². The third kappa shape index (κ3) is 4.11. The number of hydrogen-bond donors (Lipinski definition) is 1. The van der Waals surface area contributed by atoms with Gasteiger partial charge in [0.15, 0.2) is 0 Å². The van der Waals surface area contributed by atoms with Gasteiger partial charge in [0.1, 0.15) is 0 Å². The van der Waals surface area contributed by atoms with Gasteiger partial charge < -0.3 is 15.1 Å². The smallest absolute Gasteiger partial charge is 0.219 e. The molecule has 21 heavy (non-hydrogen) atoms. The molecule has 1 saturated heterocycles. The molecule has 4 nitrogen and oxygen atoms in total. The number of halogens is 1. The Labute approximate surface area is 132 Å². The molecule has 1 N–H and O–H groups in total. The van der Waals surface area contributed by atoms with Crippen LogP contribution in [0.25, 0.3) is 0 Å². The Morgan fingerprint density at radius 3 is 2.81 bits per heavy atom. The molecule has 1 aromatic rings. The maximum absolute atomic E-state index is 11.5. The molecule has 1 fully saturated rings. The Balaban J connectivity index is 2.18. The predicted molar refractivity (Wildman–Crippen MR) is 87.9 cm³/mol. The molecule has 1 heterocycles. The molecule has 2 rings (SSSR count). The highest BCUT2D eigenvalue weighted by molar-refractivity contribution is 6.33. The fourth-order valence-electron chi connectivity index (χ4n) is 2.77. The summed E-state index contributed by atoms with van der Waals surface area (Å²) in [6.45, 7) is 8.86. The zero-order valence-corrected chi connectivity index (χ0v) is 13.6. The van der Waals surface area contributed by atoms with Crippen molar-refractivity contribution in [1.29, 1.82) is 0 Å². The second-order valence-electron chi connectivity index (χ2n) is 5.37. The molecule has 0 unspecified atom stereocenters. The van der Waals surface area contributed by atoms with Crippen molar-refractivity contribution in [2.45, 2.75) is 26.8 Å². The summed E-state index contributed by atoms with van der Waals surface area (Å²) in [4.78, 5) is 15.8. The van der Waals surface area contributed by atoms with Gasteiger partial charge in [-0.05, 0) is 24.6 Å². The summed E-state index contributed by atoms with van der Waals surface area (Å²) in [5, 5.41) is 4.16. The normalized spacial score (nSPS) is 16.0. The van der Waals surface area contributed by atoms with Gasteiger partial charge in [-0.25, -0.2) is 0 Å². The lowest BCUT2D eigenvalue weighted by molar-refractivity contribution is -0.128. The van der Waals surface area contributed by atoms with E-state index in [1.807, 2.05) is 17.0 Å². The number of nitrogens with one attached hydrogen (secondary N) is 1. The minimum Gasteiger partial charge on any atom is -0.368 e. The predicted octanol–water partition coefficient (Wildman–Crippen LogP) is 2.51. The van der Waals surface area contributed by atoms with Crippen molar-refractivity contribution < 1.29 is 4.79 Å². The van der Waals surface area contributed by atoms with Crippen LogP contribution in [-0.4, -0.2) is 43.5 Å². The molecule has 116 valence electrons. The summed E-state index contributed by atoms with van der Waals surface area (Å²) in [5.41, 5.74) is 2.34. The van der Waals surface area contributed by atoms with E-state index in [0.29, 0.717) is 0 Å². The van der Waals surface area contributed by atoms with E-state index in [1.165, 1.54) is 5.56 Å². The van der Waals surface area contributed by atoms with E-state index in [2.05, 4.69) is 23.2 Å². The molecule has 1 aliphatic heterocycles. The highest BCUT2D eigenvalue weighted by Gasteiger charge is 2.20. The lowest BCUT2D eigenvalue weighted by atomic mass is 10.1. The van der Waals surface area contributed by atoms with E-state index in [4.69, 9.17) is 11.6 Å². The summed E-state index contributed by atoms with van der Waals surface area (Å²) in [6.07, 6.45) is 0.978. The number of hydrogen-bond acceptors (Lipinski definition) is 3. The SMILES string of the molecule is CCNCc1cccc(Cl)c1N1CCCN(C(C)=O)CC1. The van der Waals surface area contributed by atoms with Crippen molar-refractivity contribution in [1.82, 2.24) is 10.2 Å². The van der Waals surface area contributed by atoms with Gasteiger partial charge in [-0.2, -0.15) is 0 Å². The summed E-state index contributed by atoms with van der Waals surface area (Å²) < 4.78 is 0. The first-order chi connectivity index (χ1) is 10.1. The first kappa shape index (κ1) is 16.1. The van der Waals surface area contributed by atoms with Crippen molar-refractivity contribution in [2.24, 2.45) is 0 Å². The average molecular weight is 310 g/mol. The zero-order chi connectivity index (χ0) is 15.2. The Hall–Kier alpha value is -1.26. The van der Waals surface area contributed by atoms with Gasteiger partial charge >= 0.3 is 0 Å². The summed E-state index contributed by atoms with van der Waals surface area (Å²) in [6, 6.07) is 6.07. The van der Waals surface area contributed by atoms with E-state index in [9.17, 15) is 4.79 Å². The van der Waals surface area contributed by atoms with Gasteiger partial charge in [-0.15, -0.1) is 0 Å². The third-order valence-corrected chi connectivity index (χ3v) is 4.20. The molecule has 0 bridgehead atoms. The van der Waals surface area contributed by atoms with Crippen LogP contribution in [0.2, 0.25) is 5.02 Å². The molecule has 0 aliphatic carbocycles. The van der Waals surface area contributed by atoms with E-state index in [1.54, 1.807) is 6.92 Å². The third-order valence-electron chi connectivity index (χ3n) is 3.89. The second kappa shape index (κ2) is 7.66. The Kier molecular flexibility index (Phi) is 5.88. The fourth-order valence-corrected chi connectivity index (χ4v) is 3.09. The quantitative estimate of drug-likeness (QED) is 0.928. The average Bonchev–Trinajstić information content (AvgIpc) is 2.71. The number of para-hydroxylation sites is 1. The van der Waals surface area contributed by atoms with Crippen molar-refractivity contribution in [3.63, 3.8) is 0 Å². The topological polar surface area (TPSA) is 35.6 Å². The first-order valence-electron chi connectivity index (χ1n) is 7.62. The lowest BCUT2D eigenvalue weighted by Gasteiger charge is -2.27. The van der Waals surface area contributed by atoms with Crippen LogP contribution in [-0.2, 0) is 11.3 Å². The fraction of sp³-hybridized carbons (Fsp3) is 0.562. The monoisotopic (exact) mass is 309 g/mol. The minimum atomic E-state index is 0.156. The first-order valence-corrected chi connectivity index (χ1v) is 7.99. The van der Waals surface area contributed by atoms with E-state index in [0.717, 1.165) is 56.4 Å². The maximum atomic E-state index is 11.5. The standard InChI is InChI=1S/C16H24ClN3O/c1-3-18-12-14-6-4-7-15(17)16(14)20-9-5-8-19(10-11-20)13(2)21/h4,6-7,18H,3,5,8-12H2,1-2H3. The van der Waals surface area contributed by atoms with Crippen LogP contribution in [0, 0.1) is 0 Å². The number of nitrogens with zero attached hydrogens (tertiary/aromatic N) is 2. The molecular formula is C16H24ClN3O. The van der Waals surface area contributed by atoms with Gasteiger partial charge in [-0.3, -0.25) is 4.79 Å². The van der Waals surface area contributed by atoms with Crippen LogP contribution in [0.3, 0.4) is 0 Å². The van der Waals surface area contributed by atoms with Crippen LogP contribution in [0.5, 0.6) is 0 Å². The molecule has 0 spiro atoms. The van der Waals surface area contributed by atoms with Crippen molar-refractivity contribution in [3.8, 4) is 0 Å². The molecule has 5 heteroatoms. The van der Waals surface area contributed by atoms with Crippen molar-refractivity contribution in [3.05, 3.63) is 28.8 Å². The van der Waals surface area contributed by atoms with E-state index >= 15 is 0 Å². The highest BCUT2D eigenvalue weighted by atomic mass is 35.5. The second-order valence-corrected chi connectivity index (χ2v) is 5.78. The highest BCUT2D eigenvalue weighted by Crippen LogP contribution is 2.30. The molecule has 1 aliphatic rings. The van der Waals surface area contributed by atoms with Crippen molar-refractivity contribution >= 4 is 23.2 Å². The molecule has 0 radical (unpaired) electrons. The Morgan fingerprint density at radius 1 is 1.29 bits per heavy atom. The van der Waals surface area contributed by atoms with Gasteiger partial charge in [-0.1, -0.05) is 30.7 Å². The van der Waals surface area contributed by atoms with Gasteiger partial charge in [0.2, 0.25) is 5.91 Å². The molecule has 0 aromatic heterocycles. The van der Waals surface area contributed by atoms with Gasteiger partial charge in [0.05, 0.1) is 10.7 Å². The maximum Gasteiger partial charge on any atom is 0.219 e. The van der Waals surface area contributed by atoms with Crippen LogP contribution in [0.15, 0.2) is 18.2 Å². The summed E-state index contributed by atoms with van der Waals surface area (Å²) >= 11 is 6.44. The Bertz CT molecular complexity index is 492. The molecule has 0 saturated carbocycles. The number of amides is 1. The van der Waals surface area contributed by atoms with Gasteiger partial charge in [0.25, 0.3) is 0 Å². The minimum absolute atomic E-state index is 0.156. The number of rotatable bonds is 4. The largest absolute Gasteiger partial charge is 0.368 e. The summed E-state index contributed by atoms with van der Waals surface area (Å²) in [5.74, 6) is 0.156.